The Balaban J connectivity index is 1.45. The van der Waals surface area contributed by atoms with E-state index in [1.807, 2.05) is 30.1 Å². The third kappa shape index (κ3) is 3.74. The smallest absolute Gasteiger partial charge is 0.312 e. The SMILES string of the molecule is CN1/C(=C/C(=O)COC(=O)Cc2n[nH]c(=O)c3ccccc23)C(C)(C)c2ccccc21. The van der Waals surface area contributed by atoms with Gasteiger partial charge in [-0.1, -0.05) is 50.2 Å². The van der Waals surface area contributed by atoms with E-state index < -0.39 is 5.97 Å². The number of hydrogen-bond acceptors (Lipinski definition) is 6. The van der Waals surface area contributed by atoms with Crippen molar-refractivity contribution in [1.82, 2.24) is 10.2 Å². The number of benzene rings is 2. The highest BCUT2D eigenvalue weighted by Gasteiger charge is 2.38. The number of likely N-dealkylation sites (N-methyl/N-ethyl adjacent to an activating group) is 1. The molecule has 0 radical (unpaired) electrons. The largest absolute Gasteiger partial charge is 0.457 e. The Hall–Kier alpha value is -3.74. The molecule has 0 fully saturated rings. The second kappa shape index (κ2) is 7.83. The molecule has 31 heavy (non-hydrogen) atoms. The number of carbonyl (C=O) groups excluding carboxylic acids is 2. The minimum absolute atomic E-state index is 0.141. The van der Waals surface area contributed by atoms with Crippen LogP contribution in [0.15, 0.2) is 65.1 Å². The molecule has 0 saturated heterocycles. The van der Waals surface area contributed by atoms with Crippen molar-refractivity contribution in [1.29, 1.82) is 0 Å². The first-order valence-corrected chi connectivity index (χ1v) is 9.99. The van der Waals surface area contributed by atoms with Crippen LogP contribution in [0.5, 0.6) is 0 Å². The van der Waals surface area contributed by atoms with Gasteiger partial charge in [0.1, 0.15) is 0 Å². The number of para-hydroxylation sites is 1. The maximum Gasteiger partial charge on any atom is 0.312 e. The number of esters is 1. The number of hydrogen-bond donors (Lipinski definition) is 1. The predicted molar refractivity (Wildman–Crippen MR) is 118 cm³/mol. The molecule has 1 aliphatic rings. The number of carbonyl (C=O) groups is 2. The van der Waals surface area contributed by atoms with Gasteiger partial charge >= 0.3 is 5.97 Å². The standard InChI is InChI=1S/C24H23N3O4/c1-24(2)18-10-6-7-11-20(18)27(3)21(24)12-15(28)14-31-22(29)13-19-16-8-4-5-9-17(16)23(30)26-25-19/h4-12H,13-14H2,1-3H3,(H,26,30)/b21-12+. The number of anilines is 1. The van der Waals surface area contributed by atoms with Crippen molar-refractivity contribution in [2.45, 2.75) is 25.7 Å². The van der Waals surface area contributed by atoms with Crippen molar-refractivity contribution in [3.63, 3.8) is 0 Å². The molecule has 0 bridgehead atoms. The number of aromatic amines is 1. The minimum atomic E-state index is -0.584. The van der Waals surface area contributed by atoms with Crippen LogP contribution in [0.2, 0.25) is 0 Å². The van der Waals surface area contributed by atoms with Gasteiger partial charge < -0.3 is 9.64 Å². The van der Waals surface area contributed by atoms with Crippen LogP contribution in [-0.4, -0.2) is 35.6 Å². The number of ether oxygens (including phenoxy) is 1. The highest BCUT2D eigenvalue weighted by atomic mass is 16.5. The minimum Gasteiger partial charge on any atom is -0.457 e. The Labute approximate surface area is 179 Å². The van der Waals surface area contributed by atoms with Gasteiger partial charge in [0.15, 0.2) is 12.4 Å². The predicted octanol–water partition coefficient (Wildman–Crippen LogP) is 2.89. The molecule has 4 rings (SSSR count). The maximum absolute atomic E-state index is 12.6. The maximum atomic E-state index is 12.6. The van der Waals surface area contributed by atoms with E-state index in [1.54, 1.807) is 30.3 Å². The Morgan fingerprint density at radius 2 is 1.77 bits per heavy atom. The number of aromatic nitrogens is 2. The molecule has 0 amide bonds. The summed E-state index contributed by atoms with van der Waals surface area (Å²) in [7, 11) is 1.92. The van der Waals surface area contributed by atoms with Gasteiger partial charge in [-0.15, -0.1) is 0 Å². The summed E-state index contributed by atoms with van der Waals surface area (Å²) in [5.41, 5.74) is 2.80. The van der Waals surface area contributed by atoms with E-state index in [0.717, 1.165) is 16.9 Å². The van der Waals surface area contributed by atoms with E-state index in [4.69, 9.17) is 4.74 Å². The molecule has 0 atom stereocenters. The second-order valence-electron chi connectivity index (χ2n) is 8.08. The van der Waals surface area contributed by atoms with Crippen molar-refractivity contribution in [3.8, 4) is 0 Å². The third-order valence-electron chi connectivity index (χ3n) is 5.70. The van der Waals surface area contributed by atoms with E-state index in [0.29, 0.717) is 16.5 Å². The molecular weight excluding hydrogens is 394 g/mol. The van der Waals surface area contributed by atoms with E-state index in [-0.39, 0.29) is 29.8 Å². The topological polar surface area (TPSA) is 92.4 Å². The molecule has 1 aliphatic heterocycles. The van der Waals surface area contributed by atoms with E-state index >= 15 is 0 Å². The zero-order chi connectivity index (χ0) is 22.2. The van der Waals surface area contributed by atoms with Crippen molar-refractivity contribution in [3.05, 3.63) is 81.9 Å². The van der Waals surface area contributed by atoms with E-state index in [1.165, 1.54) is 0 Å². The van der Waals surface area contributed by atoms with Gasteiger partial charge in [-0.25, -0.2) is 5.10 Å². The summed E-state index contributed by atoms with van der Waals surface area (Å²) in [6.07, 6.45) is 1.40. The first kappa shape index (κ1) is 20.5. The first-order valence-electron chi connectivity index (χ1n) is 9.99. The van der Waals surface area contributed by atoms with Crippen molar-refractivity contribution in [2.75, 3.05) is 18.6 Å². The highest BCUT2D eigenvalue weighted by molar-refractivity contribution is 5.95. The van der Waals surface area contributed by atoms with Crippen LogP contribution in [0.25, 0.3) is 10.8 Å². The zero-order valence-electron chi connectivity index (χ0n) is 17.6. The molecule has 158 valence electrons. The third-order valence-corrected chi connectivity index (χ3v) is 5.70. The summed E-state index contributed by atoms with van der Waals surface area (Å²) < 4.78 is 5.19. The zero-order valence-corrected chi connectivity index (χ0v) is 17.6. The number of fused-ring (bicyclic) bond motifs is 2. The lowest BCUT2D eigenvalue weighted by atomic mass is 9.83. The molecule has 0 saturated carbocycles. The average molecular weight is 417 g/mol. The Bertz CT molecular complexity index is 1270. The van der Waals surface area contributed by atoms with Gasteiger partial charge in [0.25, 0.3) is 5.56 Å². The van der Waals surface area contributed by atoms with Crippen LogP contribution < -0.4 is 10.5 Å². The van der Waals surface area contributed by atoms with Gasteiger partial charge in [0, 0.05) is 35.3 Å². The number of nitrogens with zero attached hydrogens (tertiary/aromatic N) is 2. The van der Waals surface area contributed by atoms with Gasteiger partial charge in [-0.2, -0.15) is 5.10 Å². The van der Waals surface area contributed by atoms with Crippen LogP contribution in [0.4, 0.5) is 5.69 Å². The molecule has 7 nitrogen and oxygen atoms in total. The quantitative estimate of drug-likeness (QED) is 0.507. The number of ketones is 1. The normalized spacial score (nSPS) is 15.8. The summed E-state index contributed by atoms with van der Waals surface area (Å²) in [5, 5.41) is 7.39. The van der Waals surface area contributed by atoms with Gasteiger partial charge in [0.05, 0.1) is 17.5 Å². The van der Waals surface area contributed by atoms with Crippen LogP contribution >= 0.6 is 0 Å². The van der Waals surface area contributed by atoms with Gasteiger partial charge in [-0.3, -0.25) is 14.4 Å². The van der Waals surface area contributed by atoms with Gasteiger partial charge in [-0.05, 0) is 17.7 Å². The lowest BCUT2D eigenvalue weighted by Crippen LogP contribution is -2.25. The monoisotopic (exact) mass is 417 g/mol. The molecular formula is C24H23N3O4. The Kier molecular flexibility index (Phi) is 5.19. The van der Waals surface area contributed by atoms with E-state index in [9.17, 15) is 14.4 Å². The molecule has 7 heteroatoms. The number of nitrogens with one attached hydrogen (secondary N) is 1. The number of rotatable bonds is 5. The highest BCUT2D eigenvalue weighted by Crippen LogP contribution is 2.46. The average Bonchev–Trinajstić information content (AvgIpc) is 2.95. The molecule has 0 unspecified atom stereocenters. The molecule has 1 N–H and O–H groups in total. The second-order valence-corrected chi connectivity index (χ2v) is 8.08. The number of H-pyrrole nitrogens is 1. The van der Waals surface area contributed by atoms with Crippen molar-refractivity contribution < 1.29 is 14.3 Å². The Morgan fingerprint density at radius 1 is 1.10 bits per heavy atom. The van der Waals surface area contributed by atoms with E-state index in [2.05, 4.69) is 30.1 Å². The fourth-order valence-corrected chi connectivity index (χ4v) is 4.10. The molecule has 0 spiro atoms. The number of allylic oxidation sites excluding steroid dienone is 1. The summed E-state index contributed by atoms with van der Waals surface area (Å²) in [5.74, 6) is -0.880. The first-order chi connectivity index (χ1) is 14.8. The summed E-state index contributed by atoms with van der Waals surface area (Å²) in [6, 6.07) is 14.9. The van der Waals surface area contributed by atoms with Crippen molar-refractivity contribution >= 4 is 28.2 Å². The molecule has 2 aromatic carbocycles. The fraction of sp³-hybridized carbons (Fsp3) is 0.250. The Morgan fingerprint density at radius 3 is 2.52 bits per heavy atom. The molecule has 1 aromatic heterocycles. The van der Waals surface area contributed by atoms with Crippen LogP contribution in [0.1, 0.15) is 25.1 Å². The molecule has 2 heterocycles. The lowest BCUT2D eigenvalue weighted by molar-refractivity contribution is -0.146. The fourth-order valence-electron chi connectivity index (χ4n) is 4.10. The summed E-state index contributed by atoms with van der Waals surface area (Å²) in [4.78, 5) is 38.7. The van der Waals surface area contributed by atoms with Crippen LogP contribution in [-0.2, 0) is 26.2 Å². The van der Waals surface area contributed by atoms with Gasteiger partial charge in [0.2, 0.25) is 0 Å². The summed E-state index contributed by atoms with van der Waals surface area (Å²) >= 11 is 0. The lowest BCUT2D eigenvalue weighted by Gasteiger charge is -2.23. The van der Waals surface area contributed by atoms with Crippen LogP contribution in [0, 0.1) is 0 Å². The van der Waals surface area contributed by atoms with Crippen LogP contribution in [0.3, 0.4) is 0 Å². The molecule has 3 aromatic rings. The summed E-state index contributed by atoms with van der Waals surface area (Å²) in [6.45, 7) is 3.77. The molecule has 0 aliphatic carbocycles. The van der Waals surface area contributed by atoms with Crippen molar-refractivity contribution in [2.24, 2.45) is 0 Å².